The number of nitrogens with one attached hydrogen (secondary N) is 1. The van der Waals surface area contributed by atoms with Crippen LogP contribution >= 0.6 is 0 Å². The van der Waals surface area contributed by atoms with E-state index in [0.717, 1.165) is 5.57 Å². The molecule has 1 aliphatic rings. The molecule has 132 valence electrons. The van der Waals surface area contributed by atoms with Crippen LogP contribution in [0.15, 0.2) is 58.7 Å². The van der Waals surface area contributed by atoms with Crippen molar-refractivity contribution < 1.29 is 4.79 Å². The predicted molar refractivity (Wildman–Crippen MR) is 105 cm³/mol. The van der Waals surface area contributed by atoms with E-state index in [4.69, 9.17) is 0 Å². The van der Waals surface area contributed by atoms with Crippen molar-refractivity contribution in [1.29, 1.82) is 0 Å². The SMILES string of the molecule is CC(=O)NC\C=C(C)/C=C/C=C(C)\C=C\C1=C(C)CCCC1(C)C. The van der Waals surface area contributed by atoms with E-state index >= 15 is 0 Å². The molecular weight excluding hydrogens is 294 g/mol. The molecule has 2 heteroatoms. The van der Waals surface area contributed by atoms with Gasteiger partial charge in [0.15, 0.2) is 0 Å². The van der Waals surface area contributed by atoms with Crippen LogP contribution in [0.5, 0.6) is 0 Å². The Morgan fingerprint density at radius 3 is 2.50 bits per heavy atom. The van der Waals surface area contributed by atoms with Crippen molar-refractivity contribution in [3.63, 3.8) is 0 Å². The normalized spacial score (nSPS) is 19.4. The van der Waals surface area contributed by atoms with Crippen LogP contribution in [0.2, 0.25) is 0 Å². The molecule has 0 bridgehead atoms. The minimum atomic E-state index is -0.000794. The molecule has 1 rings (SSSR count). The van der Waals surface area contributed by atoms with Crippen LogP contribution in [0.1, 0.15) is 60.8 Å². The quantitative estimate of drug-likeness (QED) is 0.627. The van der Waals surface area contributed by atoms with E-state index in [1.165, 1.54) is 42.9 Å². The molecular formula is C22H33NO. The van der Waals surface area contributed by atoms with Crippen molar-refractivity contribution in [2.45, 2.75) is 60.8 Å². The topological polar surface area (TPSA) is 29.1 Å². The Morgan fingerprint density at radius 1 is 1.17 bits per heavy atom. The van der Waals surface area contributed by atoms with Gasteiger partial charge in [0, 0.05) is 13.5 Å². The maximum atomic E-state index is 10.8. The summed E-state index contributed by atoms with van der Waals surface area (Å²) < 4.78 is 0. The predicted octanol–water partition coefficient (Wildman–Crippen LogP) is 5.65. The summed E-state index contributed by atoms with van der Waals surface area (Å²) in [7, 11) is 0. The lowest BCUT2D eigenvalue weighted by Gasteiger charge is -2.32. The van der Waals surface area contributed by atoms with Gasteiger partial charge in [-0.15, -0.1) is 0 Å². The molecule has 0 saturated heterocycles. The van der Waals surface area contributed by atoms with Gasteiger partial charge in [-0.05, 0) is 51.0 Å². The Hall–Kier alpha value is -1.83. The lowest BCUT2D eigenvalue weighted by molar-refractivity contribution is -0.118. The second kappa shape index (κ2) is 9.46. The highest BCUT2D eigenvalue weighted by molar-refractivity contribution is 5.72. The van der Waals surface area contributed by atoms with Crippen molar-refractivity contribution in [2.24, 2.45) is 5.41 Å². The molecule has 0 aromatic heterocycles. The van der Waals surface area contributed by atoms with Gasteiger partial charge in [-0.25, -0.2) is 0 Å². The van der Waals surface area contributed by atoms with E-state index < -0.39 is 0 Å². The molecule has 0 unspecified atom stereocenters. The Bertz CT molecular complexity index is 597. The molecule has 2 nitrogen and oxygen atoms in total. The van der Waals surface area contributed by atoms with Crippen molar-refractivity contribution >= 4 is 5.91 Å². The van der Waals surface area contributed by atoms with E-state index in [0.29, 0.717) is 6.54 Å². The first-order valence-corrected chi connectivity index (χ1v) is 8.87. The lowest BCUT2D eigenvalue weighted by Crippen LogP contribution is -2.19. The number of rotatable bonds is 6. The maximum Gasteiger partial charge on any atom is 0.217 e. The van der Waals surface area contributed by atoms with Gasteiger partial charge in [0.1, 0.15) is 0 Å². The second-order valence-electron chi connectivity index (χ2n) is 7.42. The largest absolute Gasteiger partial charge is 0.353 e. The Balaban J connectivity index is 2.67. The van der Waals surface area contributed by atoms with E-state index in [2.05, 4.69) is 63.4 Å². The van der Waals surface area contributed by atoms with Gasteiger partial charge in [-0.1, -0.05) is 67.0 Å². The van der Waals surface area contributed by atoms with E-state index in [1.807, 2.05) is 13.0 Å². The number of carbonyl (C=O) groups is 1. The Morgan fingerprint density at radius 2 is 1.88 bits per heavy atom. The van der Waals surface area contributed by atoms with E-state index in [1.54, 1.807) is 0 Å². The highest BCUT2D eigenvalue weighted by Gasteiger charge is 2.26. The van der Waals surface area contributed by atoms with Gasteiger partial charge in [0.2, 0.25) is 5.91 Å². The van der Waals surface area contributed by atoms with Gasteiger partial charge in [0.25, 0.3) is 0 Å². The van der Waals surface area contributed by atoms with Crippen molar-refractivity contribution in [3.05, 3.63) is 58.7 Å². The van der Waals surface area contributed by atoms with Gasteiger partial charge in [-0.3, -0.25) is 4.79 Å². The Labute approximate surface area is 148 Å². The third-order valence-corrected chi connectivity index (χ3v) is 4.55. The number of hydrogen-bond acceptors (Lipinski definition) is 1. The second-order valence-corrected chi connectivity index (χ2v) is 7.42. The summed E-state index contributed by atoms with van der Waals surface area (Å²) in [4.78, 5) is 10.8. The zero-order chi connectivity index (χ0) is 18.2. The molecule has 24 heavy (non-hydrogen) atoms. The minimum Gasteiger partial charge on any atom is -0.353 e. The smallest absolute Gasteiger partial charge is 0.217 e. The third-order valence-electron chi connectivity index (χ3n) is 4.55. The summed E-state index contributed by atoms with van der Waals surface area (Å²) in [5, 5.41) is 2.76. The highest BCUT2D eigenvalue weighted by atomic mass is 16.1. The van der Waals surface area contributed by atoms with Crippen molar-refractivity contribution in [1.82, 2.24) is 5.32 Å². The van der Waals surface area contributed by atoms with Crippen LogP contribution in [-0.4, -0.2) is 12.5 Å². The molecule has 0 saturated carbocycles. The number of carbonyl (C=O) groups excluding carboxylic acids is 1. The minimum absolute atomic E-state index is 0.000794. The summed E-state index contributed by atoms with van der Waals surface area (Å²) in [5.74, 6) is -0.000794. The van der Waals surface area contributed by atoms with Gasteiger partial charge >= 0.3 is 0 Å². The summed E-state index contributed by atoms with van der Waals surface area (Å²) in [6.45, 7) is 13.2. The van der Waals surface area contributed by atoms with Crippen LogP contribution in [-0.2, 0) is 4.79 Å². The summed E-state index contributed by atoms with van der Waals surface area (Å²) in [6, 6.07) is 0. The van der Waals surface area contributed by atoms with Gasteiger partial charge < -0.3 is 5.32 Å². The first-order chi connectivity index (χ1) is 11.2. The average Bonchev–Trinajstić information content (AvgIpc) is 2.45. The third kappa shape index (κ3) is 7.16. The molecule has 0 aromatic rings. The standard InChI is InChI=1S/C22H33NO/c1-17(9-7-10-18(2)14-16-23-20(4)24)12-13-21-19(3)11-8-15-22(21,5)6/h7,9-10,12-14H,8,11,15-16H2,1-6H3,(H,23,24)/b10-7+,13-12+,17-9-,18-14-. The average molecular weight is 328 g/mol. The van der Waals surface area contributed by atoms with Crippen LogP contribution in [0.25, 0.3) is 0 Å². The summed E-state index contributed by atoms with van der Waals surface area (Å²) >= 11 is 0. The van der Waals surface area contributed by atoms with Gasteiger partial charge in [-0.2, -0.15) is 0 Å². The lowest BCUT2D eigenvalue weighted by atomic mass is 9.72. The first kappa shape index (κ1) is 20.2. The molecule has 0 aliphatic heterocycles. The first-order valence-electron chi connectivity index (χ1n) is 8.87. The zero-order valence-electron chi connectivity index (χ0n) is 16.2. The molecule has 1 amide bonds. The Kier molecular flexibility index (Phi) is 7.97. The fourth-order valence-corrected chi connectivity index (χ4v) is 3.06. The van der Waals surface area contributed by atoms with Crippen molar-refractivity contribution in [2.75, 3.05) is 6.54 Å². The number of hydrogen-bond donors (Lipinski definition) is 1. The van der Waals surface area contributed by atoms with Crippen LogP contribution < -0.4 is 5.32 Å². The number of amides is 1. The monoisotopic (exact) mass is 327 g/mol. The molecule has 0 aromatic carbocycles. The fourth-order valence-electron chi connectivity index (χ4n) is 3.06. The molecule has 1 aliphatic carbocycles. The molecule has 0 heterocycles. The highest BCUT2D eigenvalue weighted by Crippen LogP contribution is 2.40. The van der Waals surface area contributed by atoms with E-state index in [9.17, 15) is 4.79 Å². The zero-order valence-corrected chi connectivity index (χ0v) is 16.2. The van der Waals surface area contributed by atoms with E-state index in [-0.39, 0.29) is 11.3 Å². The number of allylic oxidation sites excluding steroid dienone is 9. The van der Waals surface area contributed by atoms with Crippen LogP contribution in [0, 0.1) is 5.41 Å². The van der Waals surface area contributed by atoms with Crippen LogP contribution in [0.4, 0.5) is 0 Å². The summed E-state index contributed by atoms with van der Waals surface area (Å²) in [5.41, 5.74) is 5.70. The molecule has 0 radical (unpaired) electrons. The maximum absolute atomic E-state index is 10.8. The molecule has 0 spiro atoms. The molecule has 0 fully saturated rings. The fraction of sp³-hybridized carbons (Fsp3) is 0.500. The summed E-state index contributed by atoms with van der Waals surface area (Å²) in [6.07, 6.45) is 16.6. The molecule has 0 atom stereocenters. The van der Waals surface area contributed by atoms with Crippen molar-refractivity contribution in [3.8, 4) is 0 Å². The van der Waals surface area contributed by atoms with Gasteiger partial charge in [0.05, 0.1) is 0 Å². The van der Waals surface area contributed by atoms with Crippen LogP contribution in [0.3, 0.4) is 0 Å². The molecule has 1 N–H and O–H groups in total.